The van der Waals surface area contributed by atoms with Gasteiger partial charge in [-0.25, -0.2) is 0 Å². The van der Waals surface area contributed by atoms with Gasteiger partial charge >= 0.3 is 0 Å². The monoisotopic (exact) mass is 293 g/mol. The van der Waals surface area contributed by atoms with Gasteiger partial charge in [-0.1, -0.05) is 37.6 Å². The summed E-state index contributed by atoms with van der Waals surface area (Å²) in [4.78, 5) is 2.28. The minimum Gasteiger partial charge on any atom is -0.392 e. The lowest BCUT2D eigenvalue weighted by atomic mass is 9.91. The summed E-state index contributed by atoms with van der Waals surface area (Å²) in [6.07, 6.45) is 2.47. The lowest BCUT2D eigenvalue weighted by Crippen LogP contribution is -2.40. The van der Waals surface area contributed by atoms with Crippen LogP contribution in [0.3, 0.4) is 0 Å². The van der Waals surface area contributed by atoms with Crippen LogP contribution in [0.25, 0.3) is 0 Å². The summed E-state index contributed by atoms with van der Waals surface area (Å²) in [5.74, 6) is -0.216. The van der Waals surface area contributed by atoms with Crippen LogP contribution in [0.15, 0.2) is 24.3 Å². The fraction of sp³-hybridized carbons (Fsp3) is 0.647. The molecule has 4 heteroatoms. The van der Waals surface area contributed by atoms with Crippen molar-refractivity contribution in [2.75, 3.05) is 19.6 Å². The Balaban J connectivity index is 1.91. The molecular formula is C17H27NO3. The van der Waals surface area contributed by atoms with Gasteiger partial charge in [0.2, 0.25) is 0 Å². The van der Waals surface area contributed by atoms with Crippen molar-refractivity contribution in [2.45, 2.75) is 45.0 Å². The van der Waals surface area contributed by atoms with Crippen LogP contribution < -0.4 is 0 Å². The minimum atomic E-state index is -0.683. The molecule has 4 nitrogen and oxygen atoms in total. The van der Waals surface area contributed by atoms with Gasteiger partial charge in [0.05, 0.1) is 18.8 Å². The van der Waals surface area contributed by atoms with Crippen LogP contribution in [-0.4, -0.2) is 46.0 Å². The molecule has 21 heavy (non-hydrogen) atoms. The van der Waals surface area contributed by atoms with Crippen molar-refractivity contribution >= 4 is 0 Å². The van der Waals surface area contributed by atoms with Gasteiger partial charge in [0, 0.05) is 12.5 Å². The highest BCUT2D eigenvalue weighted by molar-refractivity contribution is 5.24. The fourth-order valence-corrected chi connectivity index (χ4v) is 2.91. The van der Waals surface area contributed by atoms with Gasteiger partial charge in [-0.05, 0) is 37.1 Å². The molecule has 1 fully saturated rings. The third kappa shape index (κ3) is 4.51. The Morgan fingerprint density at radius 3 is 2.24 bits per heavy atom. The first-order chi connectivity index (χ1) is 10.1. The maximum atomic E-state index is 10.4. The van der Waals surface area contributed by atoms with Gasteiger partial charge in [0.25, 0.3) is 0 Å². The molecule has 0 amide bonds. The molecule has 0 aliphatic carbocycles. The number of nitrogens with zero attached hydrogens (tertiary/aromatic N) is 1. The second-order valence-electron chi connectivity index (χ2n) is 6.13. The molecule has 0 radical (unpaired) electrons. The van der Waals surface area contributed by atoms with Crippen molar-refractivity contribution < 1.29 is 15.3 Å². The zero-order chi connectivity index (χ0) is 15.2. The molecule has 1 aromatic carbocycles. The third-order valence-electron chi connectivity index (χ3n) is 4.50. The maximum absolute atomic E-state index is 10.4. The van der Waals surface area contributed by atoms with E-state index in [4.69, 9.17) is 5.11 Å². The van der Waals surface area contributed by atoms with Gasteiger partial charge in [0.15, 0.2) is 0 Å². The van der Waals surface area contributed by atoms with E-state index in [1.54, 1.807) is 0 Å². The Morgan fingerprint density at radius 2 is 1.67 bits per heavy atom. The standard InChI is InChI=1S/C17H27NO3/c1-13(16(20)11-18-9-3-2-4-10-18)17(21)15-7-5-14(12-19)6-8-15/h5-8,13,16-17,19-21H,2-4,9-12H2,1H3. The van der Waals surface area contributed by atoms with E-state index in [-0.39, 0.29) is 12.5 Å². The van der Waals surface area contributed by atoms with Crippen LogP contribution in [0.5, 0.6) is 0 Å². The van der Waals surface area contributed by atoms with Gasteiger partial charge in [-0.15, -0.1) is 0 Å². The number of benzene rings is 1. The lowest BCUT2D eigenvalue weighted by molar-refractivity contribution is -0.00110. The van der Waals surface area contributed by atoms with Crippen molar-refractivity contribution in [3.05, 3.63) is 35.4 Å². The molecule has 3 unspecified atom stereocenters. The molecular weight excluding hydrogens is 266 g/mol. The van der Waals surface area contributed by atoms with E-state index in [1.807, 2.05) is 31.2 Å². The van der Waals surface area contributed by atoms with Crippen molar-refractivity contribution in [3.63, 3.8) is 0 Å². The van der Waals surface area contributed by atoms with E-state index in [0.29, 0.717) is 6.54 Å². The number of aliphatic hydroxyl groups excluding tert-OH is 3. The van der Waals surface area contributed by atoms with E-state index < -0.39 is 12.2 Å². The zero-order valence-corrected chi connectivity index (χ0v) is 12.8. The molecule has 1 heterocycles. The van der Waals surface area contributed by atoms with Crippen LogP contribution in [0.4, 0.5) is 0 Å². The number of rotatable bonds is 6. The number of hydrogen-bond acceptors (Lipinski definition) is 4. The Hall–Kier alpha value is -0.940. The van der Waals surface area contributed by atoms with E-state index in [2.05, 4.69) is 4.90 Å². The van der Waals surface area contributed by atoms with Crippen LogP contribution in [0.1, 0.15) is 43.4 Å². The van der Waals surface area contributed by atoms with Crippen LogP contribution in [-0.2, 0) is 6.61 Å². The second-order valence-corrected chi connectivity index (χ2v) is 6.13. The summed E-state index contributed by atoms with van der Waals surface area (Å²) in [7, 11) is 0. The fourth-order valence-electron chi connectivity index (χ4n) is 2.91. The van der Waals surface area contributed by atoms with E-state index >= 15 is 0 Å². The molecule has 1 saturated heterocycles. The number of β-amino-alcohol motifs (C(OH)–C–C–N with tert-alkyl or cyclic N) is 1. The normalized spacial score (nSPS) is 21.0. The van der Waals surface area contributed by atoms with Crippen LogP contribution in [0, 0.1) is 5.92 Å². The van der Waals surface area contributed by atoms with E-state index in [0.717, 1.165) is 24.2 Å². The number of hydrogen-bond donors (Lipinski definition) is 3. The van der Waals surface area contributed by atoms with Gasteiger partial charge in [-0.2, -0.15) is 0 Å². The van der Waals surface area contributed by atoms with Gasteiger partial charge < -0.3 is 20.2 Å². The molecule has 0 saturated carbocycles. The largest absolute Gasteiger partial charge is 0.392 e. The quantitative estimate of drug-likeness (QED) is 0.747. The molecule has 2 rings (SSSR count). The first-order valence-corrected chi connectivity index (χ1v) is 7.90. The Kier molecular flexibility index (Phi) is 6.18. The predicted molar refractivity (Wildman–Crippen MR) is 82.8 cm³/mol. The molecule has 3 atom stereocenters. The molecule has 0 spiro atoms. The average molecular weight is 293 g/mol. The second kappa shape index (κ2) is 7.90. The summed E-state index contributed by atoms with van der Waals surface area (Å²) in [5, 5.41) is 29.8. The summed E-state index contributed by atoms with van der Waals surface area (Å²) in [6.45, 7) is 4.62. The van der Waals surface area contributed by atoms with Crippen molar-refractivity contribution in [1.29, 1.82) is 0 Å². The zero-order valence-electron chi connectivity index (χ0n) is 12.8. The summed E-state index contributed by atoms with van der Waals surface area (Å²) < 4.78 is 0. The highest BCUT2D eigenvalue weighted by atomic mass is 16.3. The van der Waals surface area contributed by atoms with Crippen LogP contribution in [0.2, 0.25) is 0 Å². The molecule has 1 aliphatic heterocycles. The first kappa shape index (κ1) is 16.4. The molecule has 1 aliphatic rings. The first-order valence-electron chi connectivity index (χ1n) is 7.90. The van der Waals surface area contributed by atoms with Crippen molar-refractivity contribution in [2.24, 2.45) is 5.92 Å². The minimum absolute atomic E-state index is 0.00349. The molecule has 118 valence electrons. The van der Waals surface area contributed by atoms with E-state index in [9.17, 15) is 10.2 Å². The molecule has 0 aromatic heterocycles. The topological polar surface area (TPSA) is 63.9 Å². The number of piperidine rings is 1. The molecule has 3 N–H and O–H groups in total. The van der Waals surface area contributed by atoms with E-state index in [1.165, 1.54) is 19.3 Å². The lowest BCUT2D eigenvalue weighted by Gasteiger charge is -2.32. The smallest absolute Gasteiger partial charge is 0.0840 e. The summed E-state index contributed by atoms with van der Waals surface area (Å²) >= 11 is 0. The summed E-state index contributed by atoms with van der Waals surface area (Å²) in [5.41, 5.74) is 1.62. The Morgan fingerprint density at radius 1 is 1.05 bits per heavy atom. The predicted octanol–water partition coefficient (Wildman–Crippen LogP) is 1.70. The van der Waals surface area contributed by atoms with Crippen molar-refractivity contribution in [3.8, 4) is 0 Å². The number of likely N-dealkylation sites (tertiary alicyclic amines) is 1. The van der Waals surface area contributed by atoms with Gasteiger partial charge in [-0.3, -0.25) is 0 Å². The van der Waals surface area contributed by atoms with Gasteiger partial charge in [0.1, 0.15) is 0 Å². The maximum Gasteiger partial charge on any atom is 0.0840 e. The highest BCUT2D eigenvalue weighted by Gasteiger charge is 2.26. The molecule has 1 aromatic rings. The SMILES string of the molecule is CC(C(O)CN1CCCCC1)C(O)c1ccc(CO)cc1. The average Bonchev–Trinajstić information content (AvgIpc) is 2.54. The summed E-state index contributed by atoms with van der Waals surface area (Å²) in [6, 6.07) is 7.26. The third-order valence-corrected chi connectivity index (χ3v) is 4.50. The Bertz CT molecular complexity index is 415. The van der Waals surface area contributed by atoms with Crippen molar-refractivity contribution in [1.82, 2.24) is 4.90 Å². The number of aliphatic hydroxyl groups is 3. The highest BCUT2D eigenvalue weighted by Crippen LogP contribution is 2.25. The Labute approximate surface area is 127 Å². The van der Waals surface area contributed by atoms with Crippen LogP contribution >= 0.6 is 0 Å². The molecule has 0 bridgehead atoms.